The van der Waals surface area contributed by atoms with Crippen LogP contribution < -0.4 is 0 Å². The van der Waals surface area contributed by atoms with Crippen molar-refractivity contribution >= 4 is 6.08 Å². The Labute approximate surface area is 183 Å². The van der Waals surface area contributed by atoms with Crippen LogP contribution in [-0.2, 0) is 38.9 Å². The van der Waals surface area contributed by atoms with E-state index >= 15 is 0 Å². The number of fused-ring (bicyclic) bond motifs is 2. The maximum absolute atomic E-state index is 2.63. The van der Waals surface area contributed by atoms with Gasteiger partial charge in [0.05, 0.1) is 0 Å². The van der Waals surface area contributed by atoms with Crippen molar-refractivity contribution in [1.82, 2.24) is 0 Å². The van der Waals surface area contributed by atoms with E-state index in [1.807, 2.05) is 3.33 Å². The normalized spacial score (nSPS) is 26.9. The van der Waals surface area contributed by atoms with Crippen LogP contribution in [0.3, 0.4) is 0 Å². The molecule has 0 heterocycles. The Kier molecular flexibility index (Phi) is 4.89. The Morgan fingerprint density at radius 1 is 0.893 bits per heavy atom. The first kappa shape index (κ1) is 20.6. The van der Waals surface area contributed by atoms with Gasteiger partial charge in [-0.25, -0.2) is 0 Å². The molecule has 0 fully saturated rings. The van der Waals surface area contributed by atoms with Gasteiger partial charge in [0.2, 0.25) is 0 Å². The van der Waals surface area contributed by atoms with Crippen LogP contribution in [0.25, 0.3) is 6.08 Å². The fourth-order valence-electron chi connectivity index (χ4n) is 5.80. The molecule has 0 aliphatic heterocycles. The third-order valence-corrected chi connectivity index (χ3v) is 16.5. The van der Waals surface area contributed by atoms with E-state index in [-0.39, 0.29) is 5.41 Å². The molecule has 28 heavy (non-hydrogen) atoms. The molecule has 0 radical (unpaired) electrons. The summed E-state index contributed by atoms with van der Waals surface area (Å²) < 4.78 is 2.15. The average molecular weight is 539 g/mol. The van der Waals surface area contributed by atoms with E-state index < -0.39 is 22.9 Å². The summed E-state index contributed by atoms with van der Waals surface area (Å²) in [6, 6.07) is 5.19. The van der Waals surface area contributed by atoms with Gasteiger partial charge in [-0.1, -0.05) is 0 Å². The van der Waals surface area contributed by atoms with Gasteiger partial charge in [0.25, 0.3) is 0 Å². The van der Waals surface area contributed by atoms with Gasteiger partial charge in [-0.3, -0.25) is 0 Å². The molecule has 0 saturated carbocycles. The van der Waals surface area contributed by atoms with Crippen LogP contribution in [-0.4, -0.2) is 0 Å². The molecule has 0 aromatic heterocycles. The first-order chi connectivity index (χ1) is 13.1. The van der Waals surface area contributed by atoms with Crippen LogP contribution in [0.4, 0.5) is 0 Å². The predicted octanol–water partition coefficient (Wildman–Crippen LogP) is 7.57. The Hall–Kier alpha value is -0.690. The molecule has 0 N–H and O–H groups in total. The fourth-order valence-corrected chi connectivity index (χ4v) is 12.7. The molecule has 0 nitrogen and oxygen atoms in total. The summed E-state index contributed by atoms with van der Waals surface area (Å²) in [5.41, 5.74) is 12.0. The van der Waals surface area contributed by atoms with E-state index in [9.17, 15) is 0 Å². The van der Waals surface area contributed by atoms with Gasteiger partial charge in [0.15, 0.2) is 0 Å². The first-order valence-corrected chi connectivity index (χ1v) is 14.7. The molecule has 3 aliphatic carbocycles. The van der Waals surface area contributed by atoms with Gasteiger partial charge in [0.1, 0.15) is 0 Å². The van der Waals surface area contributed by atoms with Gasteiger partial charge in [-0.15, -0.1) is 0 Å². The zero-order chi connectivity index (χ0) is 20.5. The summed E-state index contributed by atoms with van der Waals surface area (Å²) in [5, 5.41) is 0. The average Bonchev–Trinajstić information content (AvgIpc) is 3.24. The summed E-state index contributed by atoms with van der Waals surface area (Å²) in [6.45, 7) is 19.3. The quantitative estimate of drug-likeness (QED) is 0.347. The van der Waals surface area contributed by atoms with Crippen molar-refractivity contribution < 1.29 is 22.9 Å². The molecule has 3 aliphatic rings. The van der Waals surface area contributed by atoms with Gasteiger partial charge in [0, 0.05) is 0 Å². The standard InChI is InChI=1S/C17H21.C10H15.Hf/c1-4-17(5-2)10-14-8-13-7-6-12(3)16(13)9-15(14)11-17;1-7-6-10(4,5)9(3)8(7)2;/h6-9H,4-5,10-11H2,1-3H3;1-5H3;. The molecule has 0 amide bonds. The number of hydrogen-bond donors (Lipinski definition) is 0. The molecular formula is C27H36Hf. The topological polar surface area (TPSA) is 0 Å². The number of benzene rings is 1. The Balaban J connectivity index is 1.71. The van der Waals surface area contributed by atoms with E-state index in [2.05, 4.69) is 79.7 Å². The van der Waals surface area contributed by atoms with Crippen LogP contribution in [0.15, 0.2) is 38.3 Å². The zero-order valence-corrected chi connectivity index (χ0v) is 22.7. The number of rotatable bonds is 4. The Morgan fingerprint density at radius 2 is 1.50 bits per heavy atom. The van der Waals surface area contributed by atoms with Crippen LogP contribution >= 0.6 is 0 Å². The Morgan fingerprint density at radius 3 is 2.04 bits per heavy atom. The number of allylic oxidation sites excluding steroid dienone is 5. The van der Waals surface area contributed by atoms with Crippen LogP contribution in [0.5, 0.6) is 0 Å². The molecule has 148 valence electrons. The molecule has 1 aromatic carbocycles. The maximum atomic E-state index is 2.63. The second-order valence-electron chi connectivity index (χ2n) is 10.3. The van der Waals surface area contributed by atoms with E-state index in [1.54, 1.807) is 33.4 Å². The van der Waals surface area contributed by atoms with Crippen molar-refractivity contribution in [2.24, 2.45) is 10.8 Å². The zero-order valence-electron chi connectivity index (χ0n) is 19.1. The molecule has 1 unspecified atom stereocenters. The van der Waals surface area contributed by atoms with Crippen molar-refractivity contribution in [3.63, 3.8) is 0 Å². The monoisotopic (exact) mass is 540 g/mol. The Bertz CT molecular complexity index is 933. The summed E-state index contributed by atoms with van der Waals surface area (Å²) in [6.07, 6.45) is 10.2. The summed E-state index contributed by atoms with van der Waals surface area (Å²) in [7, 11) is 0. The minimum atomic E-state index is -1.10. The predicted molar refractivity (Wildman–Crippen MR) is 118 cm³/mol. The summed E-state index contributed by atoms with van der Waals surface area (Å²) in [5.74, 6) is 0. The first-order valence-electron chi connectivity index (χ1n) is 11.1. The summed E-state index contributed by atoms with van der Waals surface area (Å²) >= 11 is -1.10. The van der Waals surface area contributed by atoms with Gasteiger partial charge in [-0.05, 0) is 0 Å². The van der Waals surface area contributed by atoms with Crippen LogP contribution in [0, 0.1) is 10.8 Å². The second-order valence-corrected chi connectivity index (χ2v) is 16.7. The fraction of sp³-hybridized carbons (Fsp3) is 0.556. The SMILES string of the molecule is CCC1(CC)Cc2cc3c(cc2C1)[C](C)([Hf][C]1=C(C)C(C)=C(C)C1(C)C)C=C3. The third kappa shape index (κ3) is 2.86. The molecular weight excluding hydrogens is 503 g/mol. The van der Waals surface area contributed by atoms with Crippen LogP contribution in [0.2, 0.25) is 0 Å². The van der Waals surface area contributed by atoms with Gasteiger partial charge < -0.3 is 0 Å². The van der Waals surface area contributed by atoms with Gasteiger partial charge in [-0.2, -0.15) is 0 Å². The van der Waals surface area contributed by atoms with E-state index in [1.165, 1.54) is 31.2 Å². The second kappa shape index (κ2) is 6.66. The molecule has 1 heteroatoms. The van der Waals surface area contributed by atoms with Crippen molar-refractivity contribution in [3.8, 4) is 0 Å². The van der Waals surface area contributed by atoms with Crippen molar-refractivity contribution in [2.75, 3.05) is 0 Å². The van der Waals surface area contributed by atoms with Gasteiger partial charge >= 0.3 is 185 Å². The van der Waals surface area contributed by atoms with Crippen molar-refractivity contribution in [3.05, 3.63) is 60.5 Å². The summed E-state index contributed by atoms with van der Waals surface area (Å²) in [4.78, 5) is 0. The minimum absolute atomic E-state index is 0.271. The molecule has 0 saturated heterocycles. The number of hydrogen-bond acceptors (Lipinski definition) is 0. The molecule has 1 aromatic rings. The van der Waals surface area contributed by atoms with Crippen molar-refractivity contribution in [1.29, 1.82) is 0 Å². The third-order valence-electron chi connectivity index (χ3n) is 8.61. The van der Waals surface area contributed by atoms with E-state index in [4.69, 9.17) is 0 Å². The molecule has 1 atom stereocenters. The van der Waals surface area contributed by atoms with E-state index in [0.29, 0.717) is 8.59 Å². The molecule has 0 spiro atoms. The molecule has 4 rings (SSSR count). The van der Waals surface area contributed by atoms with Crippen molar-refractivity contribution in [2.45, 2.75) is 84.2 Å². The van der Waals surface area contributed by atoms with Crippen LogP contribution in [0.1, 0.15) is 90.5 Å². The molecule has 0 bridgehead atoms. The van der Waals surface area contributed by atoms with E-state index in [0.717, 1.165) is 0 Å².